The van der Waals surface area contributed by atoms with Crippen molar-refractivity contribution in [1.82, 2.24) is 10.2 Å². The van der Waals surface area contributed by atoms with E-state index < -0.39 is 0 Å². The Morgan fingerprint density at radius 3 is 2.09 bits per heavy atom. The van der Waals surface area contributed by atoms with E-state index in [2.05, 4.69) is 16.3 Å². The van der Waals surface area contributed by atoms with E-state index in [1.165, 1.54) is 24.2 Å². The van der Waals surface area contributed by atoms with Crippen molar-refractivity contribution >= 4 is 22.8 Å². The quantitative estimate of drug-likeness (QED) is 0.591. The molecule has 0 atom stereocenters. The fourth-order valence-corrected chi connectivity index (χ4v) is 1.21. The standard InChI is InChI=1S/C6H7N2.C2H6.Ga/c1-5-3-4-7-8-6(5)2;1-2;/h3H,1-2H3;1-2H3;. The van der Waals surface area contributed by atoms with Gasteiger partial charge in [0.1, 0.15) is 0 Å². The Morgan fingerprint density at radius 2 is 1.73 bits per heavy atom. The van der Waals surface area contributed by atoms with Crippen molar-refractivity contribution in [2.75, 3.05) is 0 Å². The predicted octanol–water partition coefficient (Wildman–Crippen LogP) is 0.913. The molecule has 0 fully saturated rings. The van der Waals surface area contributed by atoms with Crippen molar-refractivity contribution in [1.29, 1.82) is 0 Å². The van der Waals surface area contributed by atoms with Crippen molar-refractivity contribution < 1.29 is 0 Å². The van der Waals surface area contributed by atoms with Crippen LogP contribution in [0.4, 0.5) is 0 Å². The second-order valence-corrected chi connectivity index (χ2v) is 3.28. The molecule has 2 radical (unpaired) electrons. The van der Waals surface area contributed by atoms with Crippen LogP contribution in [0.5, 0.6) is 0 Å². The number of hydrogen-bond acceptors (Lipinski definition) is 2. The molecule has 0 aliphatic carbocycles. The summed E-state index contributed by atoms with van der Waals surface area (Å²) in [5, 5.41) is 7.86. The fraction of sp³-hybridized carbons (Fsp3) is 0.500. The molecule has 1 aromatic rings. The van der Waals surface area contributed by atoms with Gasteiger partial charge in [0.25, 0.3) is 0 Å². The molecule has 1 rings (SSSR count). The van der Waals surface area contributed by atoms with Crippen LogP contribution < -0.4 is 4.25 Å². The van der Waals surface area contributed by atoms with Crippen LogP contribution in [-0.4, -0.2) is 28.8 Å². The Kier molecular flexibility index (Phi) is 5.24. The van der Waals surface area contributed by atoms with Gasteiger partial charge >= 0.3 is 64.2 Å². The summed E-state index contributed by atoms with van der Waals surface area (Å²) in [4.78, 5) is 0. The van der Waals surface area contributed by atoms with Gasteiger partial charge < -0.3 is 0 Å². The van der Waals surface area contributed by atoms with Crippen LogP contribution in [0.2, 0.25) is 0 Å². The molecule has 2 nitrogen and oxygen atoms in total. The summed E-state index contributed by atoms with van der Waals surface area (Å²) in [5.41, 5.74) is 2.25. The van der Waals surface area contributed by atoms with E-state index in [1.807, 2.05) is 27.7 Å². The Morgan fingerprint density at radius 1 is 1.18 bits per heavy atom. The molecule has 0 aliphatic rings. The molecule has 3 heteroatoms. The first kappa shape index (κ1) is 10.7. The summed E-state index contributed by atoms with van der Waals surface area (Å²) in [6.07, 6.45) is 0. The van der Waals surface area contributed by atoms with Gasteiger partial charge in [-0.3, -0.25) is 0 Å². The number of aromatic nitrogens is 2. The summed E-state index contributed by atoms with van der Waals surface area (Å²) in [6.45, 7) is 8.02. The van der Waals surface area contributed by atoms with Crippen molar-refractivity contribution in [2.45, 2.75) is 27.7 Å². The van der Waals surface area contributed by atoms with Gasteiger partial charge in [0, 0.05) is 0 Å². The molecule has 58 valence electrons. The second-order valence-electron chi connectivity index (χ2n) is 2.04. The molecule has 11 heavy (non-hydrogen) atoms. The minimum atomic E-state index is 1.02. The molecule has 1 heterocycles. The van der Waals surface area contributed by atoms with Crippen LogP contribution in [0.25, 0.3) is 0 Å². The third-order valence-electron chi connectivity index (χ3n) is 1.25. The zero-order valence-corrected chi connectivity index (χ0v) is 9.97. The Hall–Kier alpha value is -0.284. The molecule has 0 N–H and O–H groups in total. The van der Waals surface area contributed by atoms with E-state index >= 15 is 0 Å². The monoisotopic (exact) mass is 206 g/mol. The third kappa shape index (κ3) is 3.58. The molecule has 1 aromatic heterocycles. The molecular formula is C8H13GaN2. The zero-order valence-electron chi connectivity index (χ0n) is 7.55. The molecule has 0 aromatic carbocycles. The Balaban J connectivity index is 0.000000461. The summed E-state index contributed by atoms with van der Waals surface area (Å²) in [5.74, 6) is 0. The summed E-state index contributed by atoms with van der Waals surface area (Å²) in [6, 6.07) is 2.06. The normalized spacial score (nSPS) is 8.36. The van der Waals surface area contributed by atoms with Gasteiger partial charge in [0.05, 0.1) is 0 Å². The molecule has 0 aliphatic heterocycles. The van der Waals surface area contributed by atoms with Gasteiger partial charge in [-0.1, -0.05) is 13.8 Å². The first-order valence-corrected chi connectivity index (χ1v) is 4.97. The molecule has 0 bridgehead atoms. The number of aryl methyl sites for hydroxylation is 2. The second kappa shape index (κ2) is 5.38. The van der Waals surface area contributed by atoms with Gasteiger partial charge in [-0.15, -0.1) is 0 Å². The Bertz CT molecular complexity index is 223. The fourth-order valence-electron chi connectivity index (χ4n) is 0.567. The topological polar surface area (TPSA) is 25.8 Å². The van der Waals surface area contributed by atoms with Gasteiger partial charge in [-0.25, -0.2) is 0 Å². The van der Waals surface area contributed by atoms with Crippen LogP contribution in [0.15, 0.2) is 6.07 Å². The van der Waals surface area contributed by atoms with Crippen LogP contribution in [0, 0.1) is 13.8 Å². The number of hydrogen-bond donors (Lipinski definition) is 0. The number of nitrogens with zero attached hydrogens (tertiary/aromatic N) is 2. The SMILES string of the molecule is CC.Cc1c[c]([Ga])nnc1C. The van der Waals surface area contributed by atoms with E-state index in [9.17, 15) is 0 Å². The predicted molar refractivity (Wildman–Crippen MR) is 48.2 cm³/mol. The average molecular weight is 207 g/mol. The van der Waals surface area contributed by atoms with Crippen molar-refractivity contribution in [3.05, 3.63) is 17.3 Å². The van der Waals surface area contributed by atoms with Crippen molar-refractivity contribution in [3.63, 3.8) is 0 Å². The maximum atomic E-state index is 3.94. The first-order valence-electron chi connectivity index (χ1n) is 3.76. The molecular weight excluding hydrogens is 194 g/mol. The molecule has 0 saturated carbocycles. The van der Waals surface area contributed by atoms with Gasteiger partial charge in [-0.05, 0) is 0 Å². The van der Waals surface area contributed by atoms with E-state index in [-0.39, 0.29) is 0 Å². The maximum absolute atomic E-state index is 3.94. The van der Waals surface area contributed by atoms with Crippen molar-refractivity contribution in [2.24, 2.45) is 0 Å². The van der Waals surface area contributed by atoms with Crippen molar-refractivity contribution in [3.8, 4) is 0 Å². The summed E-state index contributed by atoms with van der Waals surface area (Å²) >= 11 is 1.52. The average Bonchev–Trinajstić information content (AvgIpc) is 2.02. The molecule has 0 spiro atoms. The van der Waals surface area contributed by atoms with Gasteiger partial charge in [0.15, 0.2) is 0 Å². The molecule has 0 amide bonds. The van der Waals surface area contributed by atoms with E-state index in [4.69, 9.17) is 0 Å². The summed E-state index contributed by atoms with van der Waals surface area (Å²) < 4.78 is 1.05. The minimum absolute atomic E-state index is 1.02. The van der Waals surface area contributed by atoms with Gasteiger partial charge in [-0.2, -0.15) is 0 Å². The van der Waals surface area contributed by atoms with Crippen LogP contribution >= 0.6 is 0 Å². The van der Waals surface area contributed by atoms with Gasteiger partial charge in [0.2, 0.25) is 0 Å². The van der Waals surface area contributed by atoms with E-state index in [0.717, 1.165) is 9.94 Å². The number of rotatable bonds is 0. The Labute approximate surface area is 78.3 Å². The summed E-state index contributed by atoms with van der Waals surface area (Å²) in [7, 11) is 0. The third-order valence-corrected chi connectivity index (χ3v) is 1.84. The molecule has 0 unspecified atom stereocenters. The van der Waals surface area contributed by atoms with E-state index in [1.54, 1.807) is 0 Å². The van der Waals surface area contributed by atoms with Crippen LogP contribution in [-0.2, 0) is 0 Å². The molecule has 0 saturated heterocycles. The van der Waals surface area contributed by atoms with Crippen LogP contribution in [0.3, 0.4) is 0 Å². The first-order chi connectivity index (χ1) is 5.20. The van der Waals surface area contributed by atoms with E-state index in [0.29, 0.717) is 0 Å². The van der Waals surface area contributed by atoms with Crippen LogP contribution in [0.1, 0.15) is 25.1 Å². The zero-order chi connectivity index (χ0) is 8.85.